The predicted molar refractivity (Wildman–Crippen MR) is 97.8 cm³/mol. The van der Waals surface area contributed by atoms with Crippen LogP contribution in [0.3, 0.4) is 0 Å². The molecule has 0 bridgehead atoms. The van der Waals surface area contributed by atoms with E-state index in [0.29, 0.717) is 12.6 Å². The van der Waals surface area contributed by atoms with Crippen molar-refractivity contribution in [1.29, 1.82) is 0 Å². The van der Waals surface area contributed by atoms with Crippen molar-refractivity contribution in [3.05, 3.63) is 40.6 Å². The molecular weight excluding hydrogens is 298 g/mol. The normalized spacial score (nSPS) is 23.2. The zero-order valence-corrected chi connectivity index (χ0v) is 14.6. The Balaban J connectivity index is 2.05. The number of amides is 1. The van der Waals surface area contributed by atoms with Gasteiger partial charge >= 0.3 is 0 Å². The summed E-state index contributed by atoms with van der Waals surface area (Å²) in [4.78, 5) is 17.6. The molecule has 0 saturated heterocycles. The van der Waals surface area contributed by atoms with Gasteiger partial charge in [-0.15, -0.1) is 0 Å². The van der Waals surface area contributed by atoms with Crippen LogP contribution in [0.15, 0.2) is 18.3 Å². The van der Waals surface area contributed by atoms with Crippen molar-refractivity contribution in [2.24, 2.45) is 11.7 Å². The highest BCUT2D eigenvalue weighted by Crippen LogP contribution is 2.43. The molecule has 1 aromatic heterocycles. The standard InChI is InChI=1S/C20H25N3O/c1-4-11-7-16-18-12(9-22-16)8-17-15(19(18)14(11)5-2)6-13(20(21)24)10-23(17)3/h6-7,9,13,17,22H,4-5,8,10H2,1-3H3,(H2,21,24). The minimum Gasteiger partial charge on any atom is -0.369 e. The highest BCUT2D eigenvalue weighted by molar-refractivity contribution is 6.01. The van der Waals surface area contributed by atoms with Gasteiger partial charge in [0.25, 0.3) is 0 Å². The number of hydrogen-bond acceptors (Lipinski definition) is 2. The fraction of sp³-hybridized carbons (Fsp3) is 0.450. The molecule has 2 heterocycles. The number of fused-ring (bicyclic) bond motifs is 2. The third-order valence-electron chi connectivity index (χ3n) is 5.81. The van der Waals surface area contributed by atoms with E-state index in [1.165, 1.54) is 38.7 Å². The molecule has 4 rings (SSSR count). The molecule has 3 N–H and O–H groups in total. The molecule has 2 aromatic rings. The lowest BCUT2D eigenvalue weighted by Crippen LogP contribution is -2.45. The summed E-state index contributed by atoms with van der Waals surface area (Å²) >= 11 is 0. The summed E-state index contributed by atoms with van der Waals surface area (Å²) < 4.78 is 0. The molecule has 4 heteroatoms. The van der Waals surface area contributed by atoms with E-state index in [1.807, 2.05) is 0 Å². The number of carbonyl (C=O) groups excluding carboxylic acids is 1. The summed E-state index contributed by atoms with van der Waals surface area (Å²) in [6, 6.07) is 2.64. The van der Waals surface area contributed by atoms with Gasteiger partial charge in [-0.3, -0.25) is 9.69 Å². The lowest BCUT2D eigenvalue weighted by atomic mass is 9.76. The highest BCUT2D eigenvalue weighted by Gasteiger charge is 2.36. The van der Waals surface area contributed by atoms with Crippen LogP contribution >= 0.6 is 0 Å². The number of carbonyl (C=O) groups is 1. The van der Waals surface area contributed by atoms with Gasteiger partial charge in [-0.2, -0.15) is 0 Å². The third kappa shape index (κ3) is 2.06. The Labute approximate surface area is 142 Å². The van der Waals surface area contributed by atoms with Gasteiger partial charge in [-0.1, -0.05) is 19.9 Å². The number of nitrogens with two attached hydrogens (primary N) is 1. The summed E-state index contributed by atoms with van der Waals surface area (Å²) in [6.07, 6.45) is 7.34. The number of primary amides is 1. The van der Waals surface area contributed by atoms with Gasteiger partial charge in [-0.05, 0) is 60.2 Å². The number of hydrogen-bond donors (Lipinski definition) is 2. The van der Waals surface area contributed by atoms with Crippen LogP contribution in [0.5, 0.6) is 0 Å². The lowest BCUT2D eigenvalue weighted by molar-refractivity contribution is -0.121. The highest BCUT2D eigenvalue weighted by atomic mass is 16.1. The van der Waals surface area contributed by atoms with E-state index in [9.17, 15) is 4.79 Å². The van der Waals surface area contributed by atoms with Gasteiger partial charge in [0.05, 0.1) is 5.92 Å². The predicted octanol–water partition coefficient (Wildman–Crippen LogP) is 2.65. The monoisotopic (exact) mass is 323 g/mol. The fourth-order valence-corrected chi connectivity index (χ4v) is 4.61. The molecule has 0 spiro atoms. The fourth-order valence-electron chi connectivity index (χ4n) is 4.61. The number of nitrogens with zero attached hydrogens (tertiary/aromatic N) is 1. The maximum Gasteiger partial charge on any atom is 0.225 e. The Morgan fingerprint density at radius 3 is 2.83 bits per heavy atom. The smallest absolute Gasteiger partial charge is 0.225 e. The van der Waals surface area contributed by atoms with Crippen molar-refractivity contribution in [2.75, 3.05) is 13.6 Å². The molecule has 0 fully saturated rings. The molecular formula is C20H25N3O. The minimum atomic E-state index is -0.228. The van der Waals surface area contributed by atoms with Gasteiger partial charge in [0.2, 0.25) is 5.91 Å². The molecule has 2 unspecified atom stereocenters. The van der Waals surface area contributed by atoms with E-state index in [4.69, 9.17) is 5.73 Å². The van der Waals surface area contributed by atoms with Crippen molar-refractivity contribution < 1.29 is 4.79 Å². The number of aromatic amines is 1. The number of benzene rings is 1. The Morgan fingerprint density at radius 2 is 2.17 bits per heavy atom. The van der Waals surface area contributed by atoms with Crippen molar-refractivity contribution in [3.63, 3.8) is 0 Å². The number of H-pyrrole nitrogens is 1. The van der Waals surface area contributed by atoms with Crippen molar-refractivity contribution >= 4 is 22.4 Å². The van der Waals surface area contributed by atoms with Crippen LogP contribution in [0.25, 0.3) is 16.5 Å². The Bertz CT molecular complexity index is 861. The second-order valence-corrected chi connectivity index (χ2v) is 7.12. The van der Waals surface area contributed by atoms with Gasteiger partial charge in [0, 0.05) is 29.7 Å². The second-order valence-electron chi connectivity index (χ2n) is 7.12. The molecule has 4 nitrogen and oxygen atoms in total. The first-order valence-electron chi connectivity index (χ1n) is 8.91. The van der Waals surface area contributed by atoms with E-state index in [-0.39, 0.29) is 11.8 Å². The summed E-state index contributed by atoms with van der Waals surface area (Å²) in [6.45, 7) is 5.15. The maximum atomic E-state index is 11.8. The van der Waals surface area contributed by atoms with Crippen LogP contribution < -0.4 is 5.73 Å². The summed E-state index contributed by atoms with van der Waals surface area (Å²) in [7, 11) is 2.11. The van der Waals surface area contributed by atoms with E-state index >= 15 is 0 Å². The zero-order chi connectivity index (χ0) is 17.0. The SMILES string of the molecule is CCc1cc2[nH]cc3c2c(c1CC)C1=CC(C(N)=O)CN(C)C1C3. The van der Waals surface area contributed by atoms with Gasteiger partial charge in [-0.25, -0.2) is 0 Å². The van der Waals surface area contributed by atoms with Crippen molar-refractivity contribution in [1.82, 2.24) is 9.88 Å². The Morgan fingerprint density at radius 1 is 1.38 bits per heavy atom. The van der Waals surface area contributed by atoms with E-state index in [2.05, 4.69) is 49.1 Å². The topological polar surface area (TPSA) is 62.1 Å². The average Bonchev–Trinajstić information content (AvgIpc) is 2.98. The molecule has 1 aromatic carbocycles. The molecule has 0 radical (unpaired) electrons. The first kappa shape index (κ1) is 15.5. The zero-order valence-electron chi connectivity index (χ0n) is 14.6. The number of likely N-dealkylation sites (N-methyl/N-ethyl adjacent to an activating group) is 1. The van der Waals surface area contributed by atoms with Crippen LogP contribution in [0.4, 0.5) is 0 Å². The number of nitrogens with one attached hydrogen (secondary N) is 1. The molecule has 24 heavy (non-hydrogen) atoms. The maximum absolute atomic E-state index is 11.8. The first-order chi connectivity index (χ1) is 11.5. The van der Waals surface area contributed by atoms with Crippen LogP contribution in [-0.2, 0) is 24.1 Å². The van der Waals surface area contributed by atoms with E-state index in [0.717, 1.165) is 19.3 Å². The quantitative estimate of drug-likeness (QED) is 0.912. The number of rotatable bonds is 3. The summed E-state index contributed by atoms with van der Waals surface area (Å²) in [5, 5.41) is 1.35. The van der Waals surface area contributed by atoms with Crippen LogP contribution in [0, 0.1) is 5.92 Å². The Kier molecular flexibility index (Phi) is 3.53. The number of aromatic nitrogens is 1. The molecule has 1 aliphatic carbocycles. The van der Waals surface area contributed by atoms with Gasteiger partial charge < -0.3 is 10.7 Å². The molecule has 1 aliphatic heterocycles. The number of aryl methyl sites for hydroxylation is 1. The van der Waals surface area contributed by atoms with Crippen molar-refractivity contribution in [3.8, 4) is 0 Å². The lowest BCUT2D eigenvalue weighted by Gasteiger charge is -2.40. The minimum absolute atomic E-state index is 0.202. The van der Waals surface area contributed by atoms with Crippen LogP contribution in [0.1, 0.15) is 36.1 Å². The van der Waals surface area contributed by atoms with Crippen molar-refractivity contribution in [2.45, 2.75) is 39.2 Å². The van der Waals surface area contributed by atoms with Crippen LogP contribution in [-0.4, -0.2) is 35.4 Å². The molecule has 1 amide bonds. The summed E-state index contributed by atoms with van der Waals surface area (Å²) in [5.41, 5.74) is 13.7. The second kappa shape index (κ2) is 5.49. The first-order valence-corrected chi connectivity index (χ1v) is 8.91. The van der Waals surface area contributed by atoms with E-state index < -0.39 is 0 Å². The van der Waals surface area contributed by atoms with Gasteiger partial charge in [0.1, 0.15) is 0 Å². The molecule has 126 valence electrons. The molecule has 0 saturated carbocycles. The largest absolute Gasteiger partial charge is 0.369 e. The average molecular weight is 323 g/mol. The van der Waals surface area contributed by atoms with Gasteiger partial charge in [0.15, 0.2) is 0 Å². The Hall–Kier alpha value is -2.07. The summed E-state index contributed by atoms with van der Waals surface area (Å²) in [5.74, 6) is -0.430. The van der Waals surface area contributed by atoms with Crippen LogP contribution in [0.2, 0.25) is 0 Å². The molecule has 2 aliphatic rings. The third-order valence-corrected chi connectivity index (χ3v) is 5.81. The van der Waals surface area contributed by atoms with E-state index in [1.54, 1.807) is 0 Å². The molecule has 2 atom stereocenters.